The van der Waals surface area contributed by atoms with Gasteiger partial charge >= 0.3 is 5.97 Å². The lowest BCUT2D eigenvalue weighted by Crippen LogP contribution is -2.18. The molecule has 0 saturated carbocycles. The van der Waals surface area contributed by atoms with Gasteiger partial charge in [0.25, 0.3) is 5.91 Å². The van der Waals surface area contributed by atoms with Gasteiger partial charge in [-0.15, -0.1) is 11.3 Å². The summed E-state index contributed by atoms with van der Waals surface area (Å²) in [4.78, 5) is 25.2. The predicted molar refractivity (Wildman–Crippen MR) is 96.0 cm³/mol. The van der Waals surface area contributed by atoms with Crippen molar-refractivity contribution in [2.75, 3.05) is 25.6 Å². The molecule has 1 heterocycles. The first-order valence-corrected chi connectivity index (χ1v) is 8.52. The molecule has 1 amide bonds. The van der Waals surface area contributed by atoms with E-state index in [-0.39, 0.29) is 19.1 Å². The number of carbonyl (C=O) groups is 2. The lowest BCUT2D eigenvalue weighted by Gasteiger charge is -2.09. The monoisotopic (exact) mass is 367 g/mol. The largest absolute Gasteiger partial charge is 0.462 e. The van der Waals surface area contributed by atoms with Gasteiger partial charge in [-0.2, -0.15) is 0 Å². The second-order valence-electron chi connectivity index (χ2n) is 4.95. The maximum Gasteiger partial charge on any atom is 0.341 e. The Morgan fingerprint density at radius 3 is 2.50 bits per heavy atom. The molecule has 2 aromatic rings. The highest BCUT2D eigenvalue weighted by molar-refractivity contribution is 7.17. The third kappa shape index (κ3) is 4.14. The Hall–Kier alpha value is -1.89. The van der Waals surface area contributed by atoms with Crippen LogP contribution in [-0.2, 0) is 14.3 Å². The minimum absolute atomic E-state index is 0.0878. The van der Waals surface area contributed by atoms with Crippen molar-refractivity contribution < 1.29 is 19.1 Å². The van der Waals surface area contributed by atoms with E-state index in [1.165, 1.54) is 18.4 Å². The third-order valence-corrected chi connectivity index (χ3v) is 4.50. The van der Waals surface area contributed by atoms with Crippen LogP contribution < -0.4 is 5.32 Å². The fourth-order valence-electron chi connectivity index (χ4n) is 2.29. The van der Waals surface area contributed by atoms with Crippen LogP contribution >= 0.6 is 22.9 Å². The Balaban J connectivity index is 2.52. The summed E-state index contributed by atoms with van der Waals surface area (Å²) in [7, 11) is 1.44. The van der Waals surface area contributed by atoms with Crippen LogP contribution in [0.25, 0.3) is 11.1 Å². The fourth-order valence-corrected chi connectivity index (χ4v) is 3.50. The molecule has 2 rings (SSSR count). The third-order valence-electron chi connectivity index (χ3n) is 3.23. The van der Waals surface area contributed by atoms with Crippen molar-refractivity contribution in [2.45, 2.75) is 13.8 Å². The molecule has 0 spiro atoms. The van der Waals surface area contributed by atoms with E-state index in [0.717, 1.165) is 16.0 Å². The number of hydrogen-bond donors (Lipinski definition) is 1. The van der Waals surface area contributed by atoms with E-state index >= 15 is 0 Å². The minimum Gasteiger partial charge on any atom is -0.462 e. The molecule has 0 unspecified atom stereocenters. The van der Waals surface area contributed by atoms with Crippen molar-refractivity contribution in [3.63, 3.8) is 0 Å². The topological polar surface area (TPSA) is 64.6 Å². The molecule has 128 valence electrons. The van der Waals surface area contributed by atoms with Gasteiger partial charge in [0.15, 0.2) is 0 Å². The second kappa shape index (κ2) is 8.28. The maximum atomic E-state index is 12.5. The number of esters is 1. The zero-order valence-electron chi connectivity index (χ0n) is 13.6. The van der Waals surface area contributed by atoms with Gasteiger partial charge in [0.1, 0.15) is 17.2 Å². The Morgan fingerprint density at radius 2 is 1.92 bits per heavy atom. The van der Waals surface area contributed by atoms with Crippen molar-refractivity contribution in [1.82, 2.24) is 0 Å². The quantitative estimate of drug-likeness (QED) is 0.779. The second-order valence-corrected chi connectivity index (χ2v) is 6.61. The van der Waals surface area contributed by atoms with Gasteiger partial charge in [0, 0.05) is 22.6 Å². The summed E-state index contributed by atoms with van der Waals surface area (Å²) < 4.78 is 9.99. The van der Waals surface area contributed by atoms with Gasteiger partial charge < -0.3 is 14.8 Å². The lowest BCUT2D eigenvalue weighted by molar-refractivity contribution is -0.119. The van der Waals surface area contributed by atoms with Crippen LogP contribution in [0.5, 0.6) is 0 Å². The first kappa shape index (κ1) is 18.4. The normalized spacial score (nSPS) is 10.5. The summed E-state index contributed by atoms with van der Waals surface area (Å²) in [6.07, 6.45) is 0. The molecule has 0 radical (unpaired) electrons. The van der Waals surface area contributed by atoms with E-state index in [1.807, 2.05) is 19.1 Å². The zero-order valence-corrected chi connectivity index (χ0v) is 15.2. The number of nitrogens with one attached hydrogen (secondary N) is 1. The standard InChI is InChI=1S/C17H18ClNO4S/c1-4-23-17(21)15-14(11-5-7-12(18)8-6-11)10(2)24-16(15)19-13(20)9-22-3/h5-8H,4,9H2,1-3H3,(H,19,20). The van der Waals surface area contributed by atoms with Crippen LogP contribution in [0.2, 0.25) is 5.02 Å². The average Bonchev–Trinajstić information content (AvgIpc) is 2.84. The smallest absolute Gasteiger partial charge is 0.341 e. The van der Waals surface area contributed by atoms with Crippen LogP contribution in [-0.4, -0.2) is 32.2 Å². The number of rotatable bonds is 6. The SMILES string of the molecule is CCOC(=O)c1c(NC(=O)COC)sc(C)c1-c1ccc(Cl)cc1. The van der Waals surface area contributed by atoms with Gasteiger partial charge in [0.2, 0.25) is 0 Å². The number of halogens is 1. The van der Waals surface area contributed by atoms with Crippen LogP contribution in [0.3, 0.4) is 0 Å². The molecule has 1 N–H and O–H groups in total. The highest BCUT2D eigenvalue weighted by atomic mass is 35.5. The fraction of sp³-hybridized carbons (Fsp3) is 0.294. The van der Waals surface area contributed by atoms with Crippen molar-refractivity contribution in [3.05, 3.63) is 39.7 Å². The maximum absolute atomic E-state index is 12.5. The summed E-state index contributed by atoms with van der Waals surface area (Å²) in [6.45, 7) is 3.79. The van der Waals surface area contributed by atoms with Crippen LogP contribution in [0.4, 0.5) is 5.00 Å². The van der Waals surface area contributed by atoms with E-state index in [0.29, 0.717) is 15.6 Å². The average molecular weight is 368 g/mol. The number of methoxy groups -OCH3 is 1. The van der Waals surface area contributed by atoms with Gasteiger partial charge in [-0.3, -0.25) is 4.79 Å². The number of anilines is 1. The molecule has 0 saturated heterocycles. The Labute approximate surface area is 149 Å². The summed E-state index contributed by atoms with van der Waals surface area (Å²) in [5.74, 6) is -0.800. The lowest BCUT2D eigenvalue weighted by atomic mass is 10.0. The molecule has 0 aliphatic rings. The van der Waals surface area contributed by atoms with E-state index in [9.17, 15) is 9.59 Å². The molecule has 0 aliphatic carbocycles. The van der Waals surface area contributed by atoms with Gasteiger partial charge in [0.05, 0.1) is 6.61 Å². The molecule has 0 atom stereocenters. The summed E-state index contributed by atoms with van der Waals surface area (Å²) in [5, 5.41) is 3.79. The van der Waals surface area contributed by atoms with Crippen LogP contribution in [0, 0.1) is 6.92 Å². The number of aryl methyl sites for hydroxylation is 1. The number of thiophene rings is 1. The Kier molecular flexibility index (Phi) is 6.36. The number of carbonyl (C=O) groups excluding carboxylic acids is 2. The molecule has 5 nitrogen and oxygen atoms in total. The zero-order chi connectivity index (χ0) is 17.7. The van der Waals surface area contributed by atoms with Gasteiger partial charge in [-0.05, 0) is 31.5 Å². The van der Waals surface area contributed by atoms with E-state index in [1.54, 1.807) is 19.1 Å². The molecular weight excluding hydrogens is 350 g/mol. The van der Waals surface area contributed by atoms with Crippen molar-refractivity contribution >= 4 is 39.8 Å². The molecule has 0 bridgehead atoms. The summed E-state index contributed by atoms with van der Waals surface area (Å²) in [6, 6.07) is 7.18. The van der Waals surface area contributed by atoms with Crippen molar-refractivity contribution in [3.8, 4) is 11.1 Å². The Bertz CT molecular complexity index is 740. The first-order valence-electron chi connectivity index (χ1n) is 7.33. The van der Waals surface area contributed by atoms with Crippen molar-refractivity contribution in [2.24, 2.45) is 0 Å². The molecule has 7 heteroatoms. The molecule has 1 aromatic carbocycles. The van der Waals surface area contributed by atoms with Gasteiger partial charge in [-0.1, -0.05) is 23.7 Å². The van der Waals surface area contributed by atoms with Crippen LogP contribution in [0.15, 0.2) is 24.3 Å². The van der Waals surface area contributed by atoms with E-state index in [4.69, 9.17) is 21.1 Å². The predicted octanol–water partition coefficient (Wildman–Crippen LogP) is 4.14. The summed E-state index contributed by atoms with van der Waals surface area (Å²) in [5.41, 5.74) is 1.93. The highest BCUT2D eigenvalue weighted by Gasteiger charge is 2.25. The van der Waals surface area contributed by atoms with Crippen LogP contribution in [0.1, 0.15) is 22.2 Å². The molecule has 0 aliphatic heterocycles. The van der Waals surface area contributed by atoms with E-state index < -0.39 is 5.97 Å². The number of ether oxygens (including phenoxy) is 2. The number of benzene rings is 1. The summed E-state index contributed by atoms with van der Waals surface area (Å²) >= 11 is 7.27. The van der Waals surface area contributed by atoms with Gasteiger partial charge in [-0.25, -0.2) is 4.79 Å². The first-order chi connectivity index (χ1) is 11.5. The Morgan fingerprint density at radius 1 is 1.25 bits per heavy atom. The van der Waals surface area contributed by atoms with Crippen molar-refractivity contribution in [1.29, 1.82) is 0 Å². The minimum atomic E-state index is -0.473. The number of hydrogen-bond acceptors (Lipinski definition) is 5. The molecule has 0 fully saturated rings. The molecule has 24 heavy (non-hydrogen) atoms. The highest BCUT2D eigenvalue weighted by Crippen LogP contribution is 2.40. The molecular formula is C17H18ClNO4S. The van der Waals surface area contributed by atoms with E-state index in [2.05, 4.69) is 5.32 Å². The molecule has 1 aromatic heterocycles. The number of amides is 1.